The smallest absolute Gasteiger partial charge is 0.196 e. The minimum absolute atomic E-state index is 0.241. The van der Waals surface area contributed by atoms with Crippen LogP contribution in [0.25, 0.3) is 10.8 Å². The molecule has 0 radical (unpaired) electrons. The Balaban J connectivity index is 2.48. The predicted octanol–water partition coefficient (Wildman–Crippen LogP) is 6.78. The topological polar surface area (TPSA) is 18.5 Å². The molecule has 0 saturated heterocycles. The number of rotatable bonds is 7. The van der Waals surface area contributed by atoms with Crippen LogP contribution in [0, 0.1) is 11.3 Å². The second-order valence-electron chi connectivity index (χ2n) is 8.45. The largest absolute Gasteiger partial charge is 0.465 e. The molecule has 0 spiro atoms. The molecule has 2 rings (SSSR count). The van der Waals surface area contributed by atoms with E-state index in [0.29, 0.717) is 23.9 Å². The molecule has 0 bridgehead atoms. The average molecular weight is 343 g/mol. The van der Waals surface area contributed by atoms with Crippen molar-refractivity contribution in [2.24, 2.45) is 11.3 Å². The van der Waals surface area contributed by atoms with Crippen molar-refractivity contribution in [1.29, 1.82) is 0 Å². The minimum atomic E-state index is -0.241. The highest BCUT2D eigenvalue weighted by Crippen LogP contribution is 2.40. The minimum Gasteiger partial charge on any atom is -0.465 e. The lowest BCUT2D eigenvalue weighted by atomic mass is 9.75. The van der Waals surface area contributed by atoms with Gasteiger partial charge in [-0.1, -0.05) is 65.0 Å². The standard InChI is InChI=1S/C23H34O2/c1-8-24-17(4)25-22-14-10-12-18-19(11-9-13-20(18)22)21(16(2)3)15-23(5,6)7/h9-14,16-17,21H,8,15H2,1-7H3. The van der Waals surface area contributed by atoms with Gasteiger partial charge in [0.1, 0.15) is 5.75 Å². The Hall–Kier alpha value is -1.54. The van der Waals surface area contributed by atoms with Crippen molar-refractivity contribution >= 4 is 10.8 Å². The second-order valence-corrected chi connectivity index (χ2v) is 8.45. The number of fused-ring (bicyclic) bond motifs is 1. The molecule has 0 saturated carbocycles. The molecule has 138 valence electrons. The van der Waals surface area contributed by atoms with Gasteiger partial charge in [-0.15, -0.1) is 0 Å². The van der Waals surface area contributed by atoms with Crippen LogP contribution in [0.4, 0.5) is 0 Å². The van der Waals surface area contributed by atoms with E-state index in [1.54, 1.807) is 0 Å². The van der Waals surface area contributed by atoms with E-state index in [9.17, 15) is 0 Å². The van der Waals surface area contributed by atoms with E-state index >= 15 is 0 Å². The van der Waals surface area contributed by atoms with Gasteiger partial charge in [-0.05, 0) is 54.5 Å². The average Bonchev–Trinajstić information content (AvgIpc) is 2.52. The van der Waals surface area contributed by atoms with Crippen LogP contribution in [-0.2, 0) is 4.74 Å². The Bertz CT molecular complexity index is 682. The predicted molar refractivity (Wildman–Crippen MR) is 107 cm³/mol. The fourth-order valence-electron chi connectivity index (χ4n) is 3.54. The summed E-state index contributed by atoms with van der Waals surface area (Å²) in [5.41, 5.74) is 1.73. The van der Waals surface area contributed by atoms with Gasteiger partial charge in [-0.2, -0.15) is 0 Å². The maximum Gasteiger partial charge on any atom is 0.196 e. The van der Waals surface area contributed by atoms with Crippen LogP contribution in [0.15, 0.2) is 36.4 Å². The summed E-state index contributed by atoms with van der Waals surface area (Å²) in [7, 11) is 0. The molecule has 0 aromatic heterocycles. The molecule has 0 amide bonds. The van der Waals surface area contributed by atoms with E-state index in [1.807, 2.05) is 19.9 Å². The summed E-state index contributed by atoms with van der Waals surface area (Å²) in [6.07, 6.45) is 0.930. The van der Waals surface area contributed by atoms with E-state index in [4.69, 9.17) is 9.47 Å². The SMILES string of the molecule is CCOC(C)Oc1cccc2c(C(CC(C)(C)C)C(C)C)cccc12. The van der Waals surface area contributed by atoms with Crippen LogP contribution in [-0.4, -0.2) is 12.9 Å². The van der Waals surface area contributed by atoms with Crippen LogP contribution in [0.3, 0.4) is 0 Å². The van der Waals surface area contributed by atoms with Gasteiger partial charge in [0.15, 0.2) is 6.29 Å². The quantitative estimate of drug-likeness (QED) is 0.516. The molecule has 0 N–H and O–H groups in total. The highest BCUT2D eigenvalue weighted by Gasteiger charge is 2.24. The summed E-state index contributed by atoms with van der Waals surface area (Å²) in [6, 6.07) is 13.0. The van der Waals surface area contributed by atoms with Gasteiger partial charge >= 0.3 is 0 Å². The fraction of sp³-hybridized carbons (Fsp3) is 0.565. The van der Waals surface area contributed by atoms with Crippen molar-refractivity contribution < 1.29 is 9.47 Å². The van der Waals surface area contributed by atoms with Gasteiger partial charge in [0, 0.05) is 12.0 Å². The Labute approximate surface area is 153 Å². The Morgan fingerprint density at radius 2 is 1.56 bits per heavy atom. The van der Waals surface area contributed by atoms with Gasteiger partial charge in [-0.25, -0.2) is 0 Å². The Morgan fingerprint density at radius 3 is 2.16 bits per heavy atom. The third-order valence-corrected chi connectivity index (χ3v) is 4.65. The number of ether oxygens (including phenoxy) is 2. The molecule has 2 aromatic carbocycles. The monoisotopic (exact) mass is 342 g/mol. The summed E-state index contributed by atoms with van der Waals surface area (Å²) >= 11 is 0. The van der Waals surface area contributed by atoms with Crippen LogP contribution < -0.4 is 4.74 Å². The summed E-state index contributed by atoms with van der Waals surface area (Å²) in [5, 5.41) is 2.47. The van der Waals surface area contributed by atoms with Crippen molar-refractivity contribution in [2.75, 3.05) is 6.61 Å². The molecule has 0 aliphatic heterocycles. The van der Waals surface area contributed by atoms with Gasteiger partial charge in [0.2, 0.25) is 0 Å². The zero-order valence-corrected chi connectivity index (χ0v) is 16.9. The first-order chi connectivity index (χ1) is 11.7. The van der Waals surface area contributed by atoms with E-state index in [0.717, 1.165) is 5.75 Å². The van der Waals surface area contributed by atoms with Crippen molar-refractivity contribution in [2.45, 2.75) is 67.1 Å². The maximum atomic E-state index is 6.04. The maximum absolute atomic E-state index is 6.04. The highest BCUT2D eigenvalue weighted by atomic mass is 16.7. The van der Waals surface area contributed by atoms with Crippen molar-refractivity contribution in [3.8, 4) is 5.75 Å². The van der Waals surface area contributed by atoms with Crippen LogP contribution in [0.2, 0.25) is 0 Å². The van der Waals surface area contributed by atoms with E-state index in [-0.39, 0.29) is 6.29 Å². The van der Waals surface area contributed by atoms with Crippen molar-refractivity contribution in [3.63, 3.8) is 0 Å². The van der Waals surface area contributed by atoms with Crippen LogP contribution in [0.1, 0.15) is 66.4 Å². The highest BCUT2D eigenvalue weighted by molar-refractivity contribution is 5.91. The van der Waals surface area contributed by atoms with Crippen molar-refractivity contribution in [3.05, 3.63) is 42.0 Å². The Kier molecular flexibility index (Phi) is 6.51. The van der Waals surface area contributed by atoms with Crippen LogP contribution in [0.5, 0.6) is 5.75 Å². The van der Waals surface area contributed by atoms with Crippen molar-refractivity contribution in [1.82, 2.24) is 0 Å². The van der Waals surface area contributed by atoms with E-state index < -0.39 is 0 Å². The zero-order chi connectivity index (χ0) is 18.6. The lowest BCUT2D eigenvalue weighted by Crippen LogP contribution is -2.17. The molecule has 0 heterocycles. The Morgan fingerprint density at radius 1 is 0.920 bits per heavy atom. The summed E-state index contributed by atoms with van der Waals surface area (Å²) in [5.74, 6) is 2.03. The first-order valence-corrected chi connectivity index (χ1v) is 9.53. The lowest BCUT2D eigenvalue weighted by Gasteiger charge is -2.30. The first kappa shape index (κ1) is 19.8. The van der Waals surface area contributed by atoms with Gasteiger partial charge in [-0.3, -0.25) is 0 Å². The molecule has 2 unspecified atom stereocenters. The normalized spacial score (nSPS) is 14.7. The third kappa shape index (κ3) is 5.22. The summed E-state index contributed by atoms with van der Waals surface area (Å²) in [4.78, 5) is 0. The number of hydrogen-bond donors (Lipinski definition) is 0. The lowest BCUT2D eigenvalue weighted by molar-refractivity contribution is -0.0605. The molecule has 2 nitrogen and oxygen atoms in total. The number of hydrogen-bond acceptors (Lipinski definition) is 2. The molecule has 0 aliphatic rings. The molecule has 0 fully saturated rings. The van der Waals surface area contributed by atoms with Gasteiger partial charge in [0.25, 0.3) is 0 Å². The molecule has 2 aromatic rings. The molecule has 2 heteroatoms. The third-order valence-electron chi connectivity index (χ3n) is 4.65. The van der Waals surface area contributed by atoms with E-state index in [1.165, 1.54) is 22.8 Å². The molecule has 25 heavy (non-hydrogen) atoms. The fourth-order valence-corrected chi connectivity index (χ4v) is 3.54. The molecular weight excluding hydrogens is 308 g/mol. The zero-order valence-electron chi connectivity index (χ0n) is 16.9. The van der Waals surface area contributed by atoms with Crippen LogP contribution >= 0.6 is 0 Å². The van der Waals surface area contributed by atoms with Gasteiger partial charge < -0.3 is 9.47 Å². The molecule has 0 aliphatic carbocycles. The molecule has 2 atom stereocenters. The second kappa shape index (κ2) is 8.23. The molecular formula is C23H34O2. The first-order valence-electron chi connectivity index (χ1n) is 9.53. The van der Waals surface area contributed by atoms with Gasteiger partial charge in [0.05, 0.1) is 0 Å². The van der Waals surface area contributed by atoms with E-state index in [2.05, 4.69) is 65.0 Å². The number of benzene rings is 2. The summed E-state index contributed by atoms with van der Waals surface area (Å²) in [6.45, 7) is 16.2. The summed E-state index contributed by atoms with van der Waals surface area (Å²) < 4.78 is 11.6.